The molecule has 3 saturated carbocycles. The van der Waals surface area contributed by atoms with Crippen LogP contribution in [0.2, 0.25) is 58.9 Å². The second-order valence-corrected chi connectivity index (χ2v) is 30.9. The summed E-state index contributed by atoms with van der Waals surface area (Å²) in [5.41, 5.74) is 2.28. The topological polar surface area (TPSA) is 44.8 Å². The van der Waals surface area contributed by atoms with Gasteiger partial charge in [0, 0.05) is 12.5 Å². The van der Waals surface area contributed by atoms with Crippen molar-refractivity contribution in [1.29, 1.82) is 0 Å². The minimum Gasteiger partial charge on any atom is -0.520 e. The summed E-state index contributed by atoms with van der Waals surface area (Å²) in [7, 11) is -5.12. The molecule has 0 amide bonds. The minimum absolute atomic E-state index is 0.0182. The molecule has 4 aliphatic carbocycles. The van der Waals surface area contributed by atoms with E-state index >= 15 is 0 Å². The summed E-state index contributed by atoms with van der Waals surface area (Å²) in [5.74, 6) is 3.29. The van der Waals surface area contributed by atoms with Crippen LogP contribution < -0.4 is 0 Å². The largest absolute Gasteiger partial charge is 0.520 e. The smallest absolute Gasteiger partial charge is 0.292 e. The third-order valence-electron chi connectivity index (χ3n) is 11.1. The molecule has 0 radical (unpaired) electrons. The van der Waals surface area contributed by atoms with Crippen LogP contribution in [0.4, 0.5) is 0 Å². The summed E-state index contributed by atoms with van der Waals surface area (Å²) in [5, 5.41) is 0. The fourth-order valence-corrected chi connectivity index (χ4v) is 12.7. The fraction of sp³-hybridized carbons (Fsp3) is 0.909. The second kappa shape index (κ2) is 11.4. The number of rotatable bonds is 9. The Bertz CT molecular complexity index is 960. The van der Waals surface area contributed by atoms with E-state index in [1.807, 2.05) is 0 Å². The normalized spacial score (nSPS) is 39.0. The van der Waals surface area contributed by atoms with Crippen molar-refractivity contribution in [2.75, 3.05) is 0 Å². The quantitative estimate of drug-likeness (QED) is 0.194. The van der Waals surface area contributed by atoms with E-state index in [1.165, 1.54) is 38.5 Å². The number of carbonyl (C=O) groups is 1. The molecule has 0 heterocycles. The van der Waals surface area contributed by atoms with Crippen LogP contribution in [0, 0.1) is 40.4 Å². The first-order valence-electron chi connectivity index (χ1n) is 16.5. The Kier molecular flexibility index (Phi) is 9.29. The maximum atomic E-state index is 12.6. The van der Waals surface area contributed by atoms with Gasteiger partial charge in [-0.25, -0.2) is 0 Å². The van der Waals surface area contributed by atoms with Gasteiger partial charge in [-0.1, -0.05) is 32.4 Å². The number of fused-ring (bicyclic) bond motifs is 5. The van der Waals surface area contributed by atoms with Crippen molar-refractivity contribution in [3.8, 4) is 0 Å². The summed E-state index contributed by atoms with van der Waals surface area (Å²) in [6.45, 7) is 28.0. The van der Waals surface area contributed by atoms with Crippen LogP contribution in [0.3, 0.4) is 0 Å². The van der Waals surface area contributed by atoms with Crippen molar-refractivity contribution in [2.24, 2.45) is 40.4 Å². The van der Waals surface area contributed by atoms with Crippen molar-refractivity contribution < 1.29 is 18.1 Å². The van der Waals surface area contributed by atoms with Crippen LogP contribution in [0.15, 0.2) is 11.6 Å². The van der Waals surface area contributed by atoms with Crippen LogP contribution in [0.5, 0.6) is 0 Å². The third kappa shape index (κ3) is 7.11. The number of hydrogen-bond donors (Lipinski definition) is 0. The molecule has 0 aromatic heterocycles. The average Bonchev–Trinajstić information content (AvgIpc) is 3.12. The molecule has 4 rings (SSSR count). The molecule has 0 saturated heterocycles. The molecule has 0 aromatic carbocycles. The van der Waals surface area contributed by atoms with E-state index in [4.69, 9.17) is 13.3 Å². The number of carbonyl (C=O) groups excluding carboxylic acids is 1. The molecule has 0 N–H and O–H groups in total. The van der Waals surface area contributed by atoms with Crippen molar-refractivity contribution in [1.82, 2.24) is 0 Å². The highest BCUT2D eigenvalue weighted by Gasteiger charge is 2.61. The molecular formula is C33H62O4Si3. The lowest BCUT2D eigenvalue weighted by Crippen LogP contribution is -2.57. The lowest BCUT2D eigenvalue weighted by Gasteiger charge is -2.61. The molecule has 3 fully saturated rings. The summed E-state index contributed by atoms with van der Waals surface area (Å²) >= 11 is 0. The maximum absolute atomic E-state index is 12.6. The molecule has 0 spiro atoms. The zero-order chi connectivity index (χ0) is 29.9. The van der Waals surface area contributed by atoms with Gasteiger partial charge in [-0.15, -0.1) is 0 Å². The lowest BCUT2D eigenvalue weighted by atomic mass is 9.46. The fourth-order valence-electron chi connectivity index (χ4n) is 9.63. The van der Waals surface area contributed by atoms with Gasteiger partial charge < -0.3 is 13.3 Å². The van der Waals surface area contributed by atoms with E-state index in [9.17, 15) is 4.79 Å². The van der Waals surface area contributed by atoms with Gasteiger partial charge in [0.2, 0.25) is 8.32 Å². The first-order valence-corrected chi connectivity index (χ1v) is 26.7. The highest BCUT2D eigenvalue weighted by molar-refractivity contribution is 6.71. The van der Waals surface area contributed by atoms with E-state index in [1.54, 1.807) is 5.57 Å². The predicted molar refractivity (Wildman–Crippen MR) is 175 cm³/mol. The minimum atomic E-state index is -1.82. The summed E-state index contributed by atoms with van der Waals surface area (Å²) < 4.78 is 19.6. The van der Waals surface area contributed by atoms with Crippen LogP contribution >= 0.6 is 0 Å². The van der Waals surface area contributed by atoms with Gasteiger partial charge in [0.1, 0.15) is 0 Å². The zero-order valence-corrected chi connectivity index (χ0v) is 31.1. The Morgan fingerprint density at radius 2 is 1.52 bits per heavy atom. The molecule has 4 aliphatic rings. The second-order valence-electron chi connectivity index (χ2n) is 17.5. The Morgan fingerprint density at radius 3 is 2.12 bits per heavy atom. The Morgan fingerprint density at radius 1 is 0.875 bits per heavy atom. The highest BCUT2D eigenvalue weighted by atomic mass is 28.4. The van der Waals surface area contributed by atoms with Crippen LogP contribution in [-0.4, -0.2) is 43.1 Å². The predicted octanol–water partition coefficient (Wildman–Crippen LogP) is 9.41. The third-order valence-corrected chi connectivity index (χ3v) is 13.9. The van der Waals surface area contributed by atoms with E-state index in [2.05, 4.69) is 85.8 Å². The Hall–Kier alpha value is -0.219. The van der Waals surface area contributed by atoms with E-state index in [-0.39, 0.29) is 17.5 Å². The monoisotopic (exact) mass is 606 g/mol. The molecule has 7 heteroatoms. The van der Waals surface area contributed by atoms with Gasteiger partial charge in [0.25, 0.3) is 5.97 Å². The van der Waals surface area contributed by atoms with Gasteiger partial charge >= 0.3 is 0 Å². The van der Waals surface area contributed by atoms with E-state index in [0.717, 1.165) is 12.8 Å². The standard InChI is InChI=1S/C33H62O4Si3/c1-23(13-16-30(34)37-40(10,11)12)26-14-15-27-31-28(18-20-33(26,27)3)32(2)19-17-25(35-38(4,5)6)21-24(32)22-29(31)36-39(7,8)9/h22-23,25-29,31H,13-21H2,1-12H3/t23?,25-,26+,27?,28?,29+,31?,32-,33+/m0/s1. The summed E-state index contributed by atoms with van der Waals surface area (Å²) in [6.07, 6.45) is 13.6. The molecule has 0 bridgehead atoms. The van der Waals surface area contributed by atoms with Crippen LogP contribution in [0.25, 0.3) is 0 Å². The molecule has 230 valence electrons. The Balaban J connectivity index is 1.57. The van der Waals surface area contributed by atoms with E-state index in [0.29, 0.717) is 47.5 Å². The first-order chi connectivity index (χ1) is 18.2. The van der Waals surface area contributed by atoms with Gasteiger partial charge in [-0.2, -0.15) is 0 Å². The maximum Gasteiger partial charge on any atom is 0.292 e. The SMILES string of the molecule is CC(CCC(=O)O[Si](C)(C)C)[C@H]1CCC2C3C(CC[C@@]21C)[C@@]1(C)CC[C@H](O[Si](C)(C)C)CC1=C[C@H]3O[Si](C)(C)C. The summed E-state index contributed by atoms with van der Waals surface area (Å²) in [4.78, 5) is 12.6. The molecule has 4 unspecified atom stereocenters. The van der Waals surface area contributed by atoms with Crippen LogP contribution in [-0.2, 0) is 18.1 Å². The molecule has 4 nitrogen and oxygen atoms in total. The first kappa shape index (κ1) is 32.7. The highest BCUT2D eigenvalue weighted by Crippen LogP contribution is 2.68. The van der Waals surface area contributed by atoms with Crippen LogP contribution in [0.1, 0.15) is 78.6 Å². The van der Waals surface area contributed by atoms with Gasteiger partial charge in [0.05, 0.1) is 6.10 Å². The lowest BCUT2D eigenvalue weighted by molar-refractivity contribution is -0.135. The van der Waals surface area contributed by atoms with E-state index < -0.39 is 25.0 Å². The van der Waals surface area contributed by atoms with Gasteiger partial charge in [-0.3, -0.25) is 4.79 Å². The van der Waals surface area contributed by atoms with Gasteiger partial charge in [-0.05, 0) is 151 Å². The van der Waals surface area contributed by atoms with Gasteiger partial charge in [0.15, 0.2) is 16.6 Å². The summed E-state index contributed by atoms with van der Waals surface area (Å²) in [6, 6.07) is 0. The zero-order valence-electron chi connectivity index (χ0n) is 28.1. The van der Waals surface area contributed by atoms with Crippen molar-refractivity contribution in [2.45, 2.75) is 150 Å². The molecule has 9 atom stereocenters. The van der Waals surface area contributed by atoms with Crippen molar-refractivity contribution in [3.05, 3.63) is 11.6 Å². The van der Waals surface area contributed by atoms with Crippen molar-refractivity contribution >= 4 is 30.9 Å². The molecule has 0 aliphatic heterocycles. The average molecular weight is 607 g/mol. The molecule has 0 aromatic rings. The van der Waals surface area contributed by atoms with Crippen molar-refractivity contribution in [3.63, 3.8) is 0 Å². The molecular weight excluding hydrogens is 545 g/mol. The Labute approximate surface area is 250 Å². The number of hydrogen-bond acceptors (Lipinski definition) is 4. The molecule has 40 heavy (non-hydrogen) atoms.